The number of fused-ring (bicyclic) bond motifs is 2. The molecule has 2 heteroatoms. The van der Waals surface area contributed by atoms with Crippen LogP contribution in [0.25, 0.3) is 0 Å². The van der Waals surface area contributed by atoms with Gasteiger partial charge in [0.2, 0.25) is 0 Å². The van der Waals surface area contributed by atoms with E-state index in [0.717, 1.165) is 24.9 Å². The van der Waals surface area contributed by atoms with Crippen molar-refractivity contribution in [1.82, 2.24) is 4.90 Å². The summed E-state index contributed by atoms with van der Waals surface area (Å²) < 4.78 is 0. The highest BCUT2D eigenvalue weighted by atomic mass is 16.3. The summed E-state index contributed by atoms with van der Waals surface area (Å²) in [4.78, 5) is 2.56. The zero-order valence-corrected chi connectivity index (χ0v) is 14.0. The average Bonchev–Trinajstić information content (AvgIpc) is 3.25. The van der Waals surface area contributed by atoms with E-state index >= 15 is 0 Å². The largest absolute Gasteiger partial charge is 0.385 e. The van der Waals surface area contributed by atoms with Crippen LogP contribution < -0.4 is 0 Å². The molecule has 2 nitrogen and oxygen atoms in total. The highest BCUT2D eigenvalue weighted by Crippen LogP contribution is 2.52. The Morgan fingerprint density at radius 2 is 1.78 bits per heavy atom. The zero-order chi connectivity index (χ0) is 15.7. The summed E-state index contributed by atoms with van der Waals surface area (Å²) in [6.45, 7) is 3.45. The quantitative estimate of drug-likeness (QED) is 0.832. The molecule has 2 fully saturated rings. The molecule has 2 aliphatic carbocycles. The van der Waals surface area contributed by atoms with Gasteiger partial charge >= 0.3 is 0 Å². The summed E-state index contributed by atoms with van der Waals surface area (Å²) >= 11 is 0. The van der Waals surface area contributed by atoms with Crippen LogP contribution in [-0.2, 0) is 5.60 Å². The second-order valence-electron chi connectivity index (χ2n) is 7.83. The number of hydrogen-bond donors (Lipinski definition) is 1. The highest BCUT2D eigenvalue weighted by molar-refractivity contribution is 5.27. The molecule has 3 aliphatic rings. The van der Waals surface area contributed by atoms with Crippen LogP contribution >= 0.6 is 0 Å². The molecule has 1 N–H and O–H groups in total. The Balaban J connectivity index is 1.55. The summed E-state index contributed by atoms with van der Waals surface area (Å²) in [6.07, 6.45) is 12.0. The van der Waals surface area contributed by atoms with Gasteiger partial charge in [0.15, 0.2) is 0 Å². The van der Waals surface area contributed by atoms with Crippen molar-refractivity contribution >= 4 is 0 Å². The molecular formula is C21H29NO. The zero-order valence-electron chi connectivity index (χ0n) is 14.0. The minimum Gasteiger partial charge on any atom is -0.385 e. The van der Waals surface area contributed by atoms with Crippen molar-refractivity contribution in [2.24, 2.45) is 17.8 Å². The van der Waals surface area contributed by atoms with Gasteiger partial charge in [0.1, 0.15) is 0 Å². The molecule has 1 heterocycles. The van der Waals surface area contributed by atoms with Gasteiger partial charge in [-0.2, -0.15) is 0 Å². The lowest BCUT2D eigenvalue weighted by molar-refractivity contribution is -0.0495. The molecule has 124 valence electrons. The SMILES string of the molecule is OC(CCN1CCCCC1)(c1ccccc1)[C@@H]1C[C@H]2C=C[C@@H]1C2. The van der Waals surface area contributed by atoms with Crippen LogP contribution in [0.4, 0.5) is 0 Å². The predicted molar refractivity (Wildman–Crippen MR) is 94.1 cm³/mol. The monoisotopic (exact) mass is 311 g/mol. The standard InChI is InChI=1S/C21H29NO/c23-21(19-7-3-1-4-8-19,11-14-22-12-5-2-6-13-22)20-16-17-9-10-18(20)15-17/h1,3-4,7-10,17-18,20,23H,2,5-6,11-16H2/t17-,18+,20+,21?/m0/s1. The molecule has 0 spiro atoms. The van der Waals surface area contributed by atoms with Crippen LogP contribution in [0.5, 0.6) is 0 Å². The second-order valence-corrected chi connectivity index (χ2v) is 7.83. The van der Waals surface area contributed by atoms with Gasteiger partial charge in [-0.3, -0.25) is 0 Å². The minimum absolute atomic E-state index is 0.393. The molecule has 4 atom stereocenters. The van der Waals surface area contributed by atoms with E-state index in [4.69, 9.17) is 0 Å². The van der Waals surface area contributed by atoms with Crippen molar-refractivity contribution in [3.63, 3.8) is 0 Å². The molecule has 4 rings (SSSR count). The number of nitrogens with zero attached hydrogens (tertiary/aromatic N) is 1. The Hall–Kier alpha value is -1.12. The Labute approximate surface area is 140 Å². The highest BCUT2D eigenvalue weighted by Gasteiger charge is 2.48. The number of piperidine rings is 1. The van der Waals surface area contributed by atoms with Crippen LogP contribution in [0.1, 0.15) is 44.1 Å². The van der Waals surface area contributed by atoms with Gasteiger partial charge in [0.05, 0.1) is 5.60 Å². The van der Waals surface area contributed by atoms with E-state index < -0.39 is 5.60 Å². The number of benzene rings is 1. The Bertz CT molecular complexity index is 548. The van der Waals surface area contributed by atoms with E-state index in [1.165, 1.54) is 38.8 Å². The fourth-order valence-electron chi connectivity index (χ4n) is 5.11. The first-order valence-electron chi connectivity index (χ1n) is 9.44. The minimum atomic E-state index is -0.664. The van der Waals surface area contributed by atoms with Gasteiger partial charge < -0.3 is 10.0 Å². The molecule has 1 aliphatic heterocycles. The Morgan fingerprint density at radius 1 is 1.00 bits per heavy atom. The first-order valence-corrected chi connectivity index (χ1v) is 9.44. The van der Waals surface area contributed by atoms with Gasteiger partial charge in [-0.1, -0.05) is 48.9 Å². The van der Waals surface area contributed by atoms with Crippen LogP contribution in [-0.4, -0.2) is 29.6 Å². The maximum Gasteiger partial charge on any atom is 0.0942 e. The number of hydrogen-bond acceptors (Lipinski definition) is 2. The lowest BCUT2D eigenvalue weighted by atomic mass is 9.72. The van der Waals surface area contributed by atoms with E-state index in [1.807, 2.05) is 0 Å². The van der Waals surface area contributed by atoms with Crippen molar-refractivity contribution in [2.75, 3.05) is 19.6 Å². The lowest BCUT2D eigenvalue weighted by Gasteiger charge is -2.40. The molecule has 23 heavy (non-hydrogen) atoms. The Morgan fingerprint density at radius 3 is 2.43 bits per heavy atom. The average molecular weight is 311 g/mol. The molecule has 0 amide bonds. The fraction of sp³-hybridized carbons (Fsp3) is 0.619. The van der Waals surface area contributed by atoms with E-state index in [2.05, 4.69) is 47.4 Å². The van der Waals surface area contributed by atoms with Crippen LogP contribution in [0, 0.1) is 17.8 Å². The Kier molecular flexibility index (Phi) is 4.29. The van der Waals surface area contributed by atoms with Crippen LogP contribution in [0.2, 0.25) is 0 Å². The normalized spacial score (nSPS) is 33.0. The van der Waals surface area contributed by atoms with Crippen molar-refractivity contribution in [2.45, 2.75) is 44.1 Å². The first-order chi connectivity index (χ1) is 11.3. The summed E-state index contributed by atoms with van der Waals surface area (Å²) in [5.74, 6) is 1.67. The van der Waals surface area contributed by atoms with Crippen LogP contribution in [0.3, 0.4) is 0 Å². The number of aliphatic hydroxyl groups is 1. The van der Waals surface area contributed by atoms with Gasteiger partial charge in [-0.05, 0) is 68.5 Å². The van der Waals surface area contributed by atoms with E-state index in [0.29, 0.717) is 17.8 Å². The van der Waals surface area contributed by atoms with Crippen molar-refractivity contribution in [3.05, 3.63) is 48.0 Å². The second kappa shape index (κ2) is 6.41. The number of likely N-dealkylation sites (tertiary alicyclic amines) is 1. The van der Waals surface area contributed by atoms with Crippen LogP contribution in [0.15, 0.2) is 42.5 Å². The van der Waals surface area contributed by atoms with Crippen molar-refractivity contribution < 1.29 is 5.11 Å². The molecule has 0 radical (unpaired) electrons. The fourth-order valence-corrected chi connectivity index (χ4v) is 5.11. The predicted octanol–water partition coefficient (Wildman–Crippen LogP) is 3.96. The maximum atomic E-state index is 11.8. The third kappa shape index (κ3) is 2.99. The van der Waals surface area contributed by atoms with E-state index in [9.17, 15) is 5.11 Å². The molecule has 1 saturated heterocycles. The van der Waals surface area contributed by atoms with Crippen molar-refractivity contribution in [1.29, 1.82) is 0 Å². The van der Waals surface area contributed by atoms with Crippen molar-refractivity contribution in [3.8, 4) is 0 Å². The molecule has 1 aromatic rings. The van der Waals surface area contributed by atoms with Gasteiger partial charge in [0.25, 0.3) is 0 Å². The molecule has 1 aromatic carbocycles. The molecule has 0 aromatic heterocycles. The summed E-state index contributed by atoms with van der Waals surface area (Å²) in [6, 6.07) is 10.5. The molecule has 1 saturated carbocycles. The summed E-state index contributed by atoms with van der Waals surface area (Å²) in [5.41, 5.74) is 0.464. The number of allylic oxidation sites excluding steroid dienone is 2. The lowest BCUT2D eigenvalue weighted by Crippen LogP contribution is -2.42. The third-order valence-corrected chi connectivity index (χ3v) is 6.42. The topological polar surface area (TPSA) is 23.5 Å². The first kappa shape index (κ1) is 15.4. The van der Waals surface area contributed by atoms with Gasteiger partial charge in [0, 0.05) is 6.54 Å². The summed E-state index contributed by atoms with van der Waals surface area (Å²) in [7, 11) is 0. The van der Waals surface area contributed by atoms with E-state index in [-0.39, 0.29) is 0 Å². The maximum absolute atomic E-state index is 11.8. The molecular weight excluding hydrogens is 282 g/mol. The third-order valence-electron chi connectivity index (χ3n) is 6.42. The van der Waals surface area contributed by atoms with Gasteiger partial charge in [-0.15, -0.1) is 0 Å². The molecule has 2 bridgehead atoms. The smallest absolute Gasteiger partial charge is 0.0942 e. The van der Waals surface area contributed by atoms with Gasteiger partial charge in [-0.25, -0.2) is 0 Å². The number of rotatable bonds is 5. The van der Waals surface area contributed by atoms with E-state index in [1.54, 1.807) is 0 Å². The molecule has 1 unspecified atom stereocenters. The summed E-state index contributed by atoms with van der Waals surface area (Å²) in [5, 5.41) is 11.8.